The van der Waals surface area contributed by atoms with Crippen LogP contribution >= 0.6 is 22.9 Å². The molecule has 25 heavy (non-hydrogen) atoms. The van der Waals surface area contributed by atoms with Crippen LogP contribution in [0.2, 0.25) is 5.02 Å². The molecule has 132 valence electrons. The van der Waals surface area contributed by atoms with Crippen molar-refractivity contribution in [3.8, 4) is 0 Å². The van der Waals surface area contributed by atoms with Gasteiger partial charge in [-0.2, -0.15) is 0 Å². The first-order chi connectivity index (χ1) is 12.0. The number of benzene rings is 1. The van der Waals surface area contributed by atoms with Crippen LogP contribution in [0, 0.1) is 0 Å². The molecule has 2 aromatic rings. The van der Waals surface area contributed by atoms with Crippen molar-refractivity contribution in [3.05, 3.63) is 57.2 Å². The SMILES string of the molecule is CC(OC(=O)CCC(=O)c1cccs1)C(=O)NCc1ccccc1Cl. The molecular formula is C18H18ClNO4S. The van der Waals surface area contributed by atoms with Gasteiger partial charge in [0, 0.05) is 18.0 Å². The fourth-order valence-electron chi connectivity index (χ4n) is 2.05. The van der Waals surface area contributed by atoms with Crippen LogP contribution in [0.4, 0.5) is 0 Å². The van der Waals surface area contributed by atoms with Crippen molar-refractivity contribution in [2.75, 3.05) is 0 Å². The molecule has 1 atom stereocenters. The number of halogens is 1. The summed E-state index contributed by atoms with van der Waals surface area (Å²) in [5.41, 5.74) is 0.776. The van der Waals surface area contributed by atoms with Crippen LogP contribution in [0.3, 0.4) is 0 Å². The third-order valence-electron chi connectivity index (χ3n) is 3.44. The zero-order valence-electron chi connectivity index (χ0n) is 13.7. The monoisotopic (exact) mass is 379 g/mol. The van der Waals surface area contributed by atoms with Gasteiger partial charge in [0.15, 0.2) is 11.9 Å². The van der Waals surface area contributed by atoms with Gasteiger partial charge in [0.05, 0.1) is 11.3 Å². The second kappa shape index (κ2) is 9.34. The van der Waals surface area contributed by atoms with Crippen LogP contribution < -0.4 is 5.32 Å². The second-order valence-corrected chi connectivity index (χ2v) is 6.70. The van der Waals surface area contributed by atoms with Gasteiger partial charge in [0.25, 0.3) is 5.91 Å². The Morgan fingerprint density at radius 3 is 2.60 bits per heavy atom. The highest BCUT2D eigenvalue weighted by atomic mass is 35.5. The van der Waals surface area contributed by atoms with E-state index in [4.69, 9.17) is 16.3 Å². The number of carbonyl (C=O) groups excluding carboxylic acids is 3. The van der Waals surface area contributed by atoms with E-state index in [9.17, 15) is 14.4 Å². The Kier molecular flexibility index (Phi) is 7.16. The topological polar surface area (TPSA) is 72.5 Å². The first-order valence-corrected chi connectivity index (χ1v) is 9.00. The molecule has 0 saturated heterocycles. The molecule has 1 unspecified atom stereocenters. The van der Waals surface area contributed by atoms with E-state index in [-0.39, 0.29) is 25.2 Å². The van der Waals surface area contributed by atoms with Crippen molar-refractivity contribution in [2.45, 2.75) is 32.4 Å². The molecule has 0 radical (unpaired) electrons. The number of Topliss-reactive ketones (excluding diaryl/α,β-unsaturated/α-hetero) is 1. The minimum absolute atomic E-state index is 0.0567. The van der Waals surface area contributed by atoms with Crippen molar-refractivity contribution in [3.63, 3.8) is 0 Å². The van der Waals surface area contributed by atoms with E-state index in [0.29, 0.717) is 9.90 Å². The Bertz CT molecular complexity index is 745. The summed E-state index contributed by atoms with van der Waals surface area (Å²) >= 11 is 7.35. The average molecular weight is 380 g/mol. The van der Waals surface area contributed by atoms with Gasteiger partial charge in [0.2, 0.25) is 0 Å². The first kappa shape index (κ1) is 19.1. The zero-order chi connectivity index (χ0) is 18.2. The molecule has 1 aromatic carbocycles. The molecule has 0 spiro atoms. The lowest BCUT2D eigenvalue weighted by atomic mass is 10.2. The van der Waals surface area contributed by atoms with E-state index < -0.39 is 18.0 Å². The number of ketones is 1. The Morgan fingerprint density at radius 1 is 1.16 bits per heavy atom. The highest BCUT2D eigenvalue weighted by Gasteiger charge is 2.19. The van der Waals surface area contributed by atoms with Gasteiger partial charge in [0.1, 0.15) is 0 Å². The van der Waals surface area contributed by atoms with E-state index in [0.717, 1.165) is 5.56 Å². The smallest absolute Gasteiger partial charge is 0.307 e. The van der Waals surface area contributed by atoms with E-state index >= 15 is 0 Å². The lowest BCUT2D eigenvalue weighted by molar-refractivity contribution is -0.154. The number of esters is 1. The lowest BCUT2D eigenvalue weighted by Crippen LogP contribution is -2.35. The Labute approximate surface area is 154 Å². The summed E-state index contributed by atoms with van der Waals surface area (Å²) in [5, 5.41) is 5.02. The van der Waals surface area contributed by atoms with Crippen LogP contribution in [-0.2, 0) is 20.9 Å². The Hall–Kier alpha value is -2.18. The summed E-state index contributed by atoms with van der Waals surface area (Å²) in [6, 6.07) is 10.6. The molecule has 0 aliphatic rings. The Balaban J connectivity index is 1.73. The maximum Gasteiger partial charge on any atom is 0.307 e. The van der Waals surface area contributed by atoms with E-state index in [1.54, 1.807) is 35.7 Å². The van der Waals surface area contributed by atoms with Gasteiger partial charge < -0.3 is 10.1 Å². The Morgan fingerprint density at radius 2 is 1.92 bits per heavy atom. The number of hydrogen-bond donors (Lipinski definition) is 1. The summed E-state index contributed by atoms with van der Waals surface area (Å²) in [6.07, 6.45) is -0.932. The van der Waals surface area contributed by atoms with Crippen molar-refractivity contribution >= 4 is 40.6 Å². The third-order valence-corrected chi connectivity index (χ3v) is 4.72. The summed E-state index contributed by atoms with van der Waals surface area (Å²) in [4.78, 5) is 36.2. The normalized spacial score (nSPS) is 11.6. The number of amides is 1. The molecule has 0 fully saturated rings. The van der Waals surface area contributed by atoms with Gasteiger partial charge in [-0.3, -0.25) is 14.4 Å². The summed E-state index contributed by atoms with van der Waals surface area (Å²) in [6.45, 7) is 1.73. The number of carbonyl (C=O) groups is 3. The highest BCUT2D eigenvalue weighted by molar-refractivity contribution is 7.12. The van der Waals surface area contributed by atoms with Crippen LogP contribution in [0.1, 0.15) is 35.0 Å². The molecule has 7 heteroatoms. The van der Waals surface area contributed by atoms with E-state index in [1.807, 2.05) is 6.07 Å². The van der Waals surface area contributed by atoms with Crippen molar-refractivity contribution in [1.82, 2.24) is 5.32 Å². The largest absolute Gasteiger partial charge is 0.453 e. The quantitative estimate of drug-likeness (QED) is 0.561. The second-order valence-electron chi connectivity index (χ2n) is 5.34. The predicted octanol–water partition coefficient (Wildman–Crippen LogP) is 3.61. The number of thiophene rings is 1. The third kappa shape index (κ3) is 5.99. The molecule has 2 rings (SSSR count). The van der Waals surface area contributed by atoms with Crippen LogP contribution in [0.15, 0.2) is 41.8 Å². The lowest BCUT2D eigenvalue weighted by Gasteiger charge is -2.14. The van der Waals surface area contributed by atoms with Gasteiger partial charge in [-0.05, 0) is 30.0 Å². The van der Waals surface area contributed by atoms with Gasteiger partial charge in [-0.15, -0.1) is 11.3 Å². The fourth-order valence-corrected chi connectivity index (χ4v) is 2.95. The maximum absolute atomic E-state index is 12.0. The van der Waals surface area contributed by atoms with Crippen LogP contribution in [0.5, 0.6) is 0 Å². The minimum atomic E-state index is -0.938. The van der Waals surface area contributed by atoms with Crippen molar-refractivity contribution in [1.29, 1.82) is 0 Å². The first-order valence-electron chi connectivity index (χ1n) is 7.74. The molecule has 0 aliphatic carbocycles. The molecule has 1 aromatic heterocycles. The van der Waals surface area contributed by atoms with Crippen molar-refractivity contribution in [2.24, 2.45) is 0 Å². The van der Waals surface area contributed by atoms with Gasteiger partial charge >= 0.3 is 5.97 Å². The fraction of sp³-hybridized carbons (Fsp3) is 0.278. The molecule has 1 amide bonds. The molecular weight excluding hydrogens is 362 g/mol. The van der Waals surface area contributed by atoms with Gasteiger partial charge in [-0.1, -0.05) is 35.9 Å². The molecule has 1 N–H and O–H groups in total. The number of nitrogens with one attached hydrogen (secondary N) is 1. The standard InChI is InChI=1S/C18H18ClNO4S/c1-12(18(23)20-11-13-5-2-3-6-14(13)19)24-17(22)9-8-15(21)16-7-4-10-25-16/h2-7,10,12H,8-9,11H2,1H3,(H,20,23). The average Bonchev–Trinajstić information content (AvgIpc) is 3.13. The molecule has 0 saturated carbocycles. The van der Waals surface area contributed by atoms with E-state index in [1.165, 1.54) is 18.3 Å². The van der Waals surface area contributed by atoms with Crippen LogP contribution in [0.25, 0.3) is 0 Å². The number of ether oxygens (including phenoxy) is 1. The molecule has 0 bridgehead atoms. The zero-order valence-corrected chi connectivity index (χ0v) is 15.2. The van der Waals surface area contributed by atoms with Crippen LogP contribution in [-0.4, -0.2) is 23.8 Å². The van der Waals surface area contributed by atoms with E-state index in [2.05, 4.69) is 5.32 Å². The number of hydrogen-bond acceptors (Lipinski definition) is 5. The number of rotatable bonds is 8. The predicted molar refractivity (Wildman–Crippen MR) is 96.7 cm³/mol. The molecule has 1 heterocycles. The molecule has 5 nitrogen and oxygen atoms in total. The molecule has 0 aliphatic heterocycles. The van der Waals surface area contributed by atoms with Crippen molar-refractivity contribution < 1.29 is 19.1 Å². The summed E-state index contributed by atoms with van der Waals surface area (Å²) in [7, 11) is 0. The summed E-state index contributed by atoms with van der Waals surface area (Å²) < 4.78 is 5.07. The van der Waals surface area contributed by atoms with Gasteiger partial charge in [-0.25, -0.2) is 0 Å². The summed E-state index contributed by atoms with van der Waals surface area (Å²) in [5.74, 6) is -1.11. The maximum atomic E-state index is 12.0. The highest BCUT2D eigenvalue weighted by Crippen LogP contribution is 2.15. The minimum Gasteiger partial charge on any atom is -0.453 e.